The normalized spacial score (nSPS) is 11.2. The summed E-state index contributed by atoms with van der Waals surface area (Å²) in [4.78, 5) is 2.21. The Morgan fingerprint density at radius 1 is 1.56 bits per heavy atom. The van der Waals surface area contributed by atoms with Crippen molar-refractivity contribution in [3.8, 4) is 0 Å². The summed E-state index contributed by atoms with van der Waals surface area (Å²) >= 11 is 0. The fourth-order valence-electron chi connectivity index (χ4n) is 1.44. The van der Waals surface area contributed by atoms with E-state index in [9.17, 15) is 0 Å². The molecule has 16 heavy (non-hydrogen) atoms. The van der Waals surface area contributed by atoms with Crippen molar-refractivity contribution in [3.05, 3.63) is 17.5 Å². The quantitative estimate of drug-likeness (QED) is 0.668. The van der Waals surface area contributed by atoms with E-state index in [2.05, 4.69) is 29.3 Å². The smallest absolute Gasteiger partial charge is 0.162 e. The third-order valence-corrected chi connectivity index (χ3v) is 2.25. The van der Waals surface area contributed by atoms with E-state index in [4.69, 9.17) is 9.26 Å². The molecular weight excluding hydrogens is 206 g/mol. The molecular formula is C11H21N3O2. The maximum absolute atomic E-state index is 5.11. The van der Waals surface area contributed by atoms with Crippen LogP contribution in [0, 0.1) is 0 Å². The lowest BCUT2D eigenvalue weighted by molar-refractivity contribution is 0.155. The molecule has 0 saturated heterocycles. The summed E-state index contributed by atoms with van der Waals surface area (Å²) in [5, 5.41) is 7.27. The van der Waals surface area contributed by atoms with Crippen molar-refractivity contribution in [1.29, 1.82) is 0 Å². The van der Waals surface area contributed by atoms with E-state index in [0.717, 1.165) is 37.6 Å². The van der Waals surface area contributed by atoms with E-state index in [-0.39, 0.29) is 0 Å². The first kappa shape index (κ1) is 13.2. The molecule has 0 spiro atoms. The van der Waals surface area contributed by atoms with Crippen LogP contribution < -0.4 is 5.32 Å². The number of hydrogen-bond donors (Lipinski definition) is 1. The maximum atomic E-state index is 5.11. The number of likely N-dealkylation sites (N-methyl/N-ethyl adjacent to an activating group) is 2. The molecule has 0 atom stereocenters. The van der Waals surface area contributed by atoms with Crippen LogP contribution >= 0.6 is 0 Å². The van der Waals surface area contributed by atoms with Gasteiger partial charge in [-0.25, -0.2) is 0 Å². The lowest BCUT2D eigenvalue weighted by Crippen LogP contribution is -2.28. The summed E-state index contributed by atoms with van der Waals surface area (Å²) in [6, 6.07) is 1.94. The van der Waals surface area contributed by atoms with Gasteiger partial charge in [0, 0.05) is 32.8 Å². The first-order valence-corrected chi connectivity index (χ1v) is 5.59. The van der Waals surface area contributed by atoms with Gasteiger partial charge in [-0.15, -0.1) is 0 Å². The van der Waals surface area contributed by atoms with Gasteiger partial charge < -0.3 is 14.6 Å². The molecule has 1 rings (SSSR count). The highest BCUT2D eigenvalue weighted by molar-refractivity contribution is 5.04. The molecule has 1 aromatic heterocycles. The highest BCUT2D eigenvalue weighted by Gasteiger charge is 2.06. The van der Waals surface area contributed by atoms with Gasteiger partial charge in [0.1, 0.15) is 6.61 Å². The van der Waals surface area contributed by atoms with Crippen LogP contribution in [0.1, 0.15) is 18.4 Å². The second-order valence-corrected chi connectivity index (χ2v) is 3.81. The Balaban J connectivity index is 2.28. The van der Waals surface area contributed by atoms with Crippen molar-refractivity contribution >= 4 is 0 Å². The topological polar surface area (TPSA) is 50.5 Å². The molecule has 1 heterocycles. The fraction of sp³-hybridized carbons (Fsp3) is 0.727. The van der Waals surface area contributed by atoms with Gasteiger partial charge in [-0.2, -0.15) is 0 Å². The van der Waals surface area contributed by atoms with Crippen molar-refractivity contribution < 1.29 is 9.26 Å². The minimum atomic E-state index is 0.480. The molecule has 1 aromatic rings. The van der Waals surface area contributed by atoms with Crippen LogP contribution in [0.2, 0.25) is 0 Å². The van der Waals surface area contributed by atoms with Crippen molar-refractivity contribution in [2.75, 3.05) is 33.8 Å². The fourth-order valence-corrected chi connectivity index (χ4v) is 1.44. The maximum Gasteiger partial charge on any atom is 0.162 e. The summed E-state index contributed by atoms with van der Waals surface area (Å²) in [5.41, 5.74) is 0.950. The Labute approximate surface area is 96.7 Å². The Kier molecular flexibility index (Phi) is 6.07. The molecule has 0 fully saturated rings. The number of ether oxygens (including phenoxy) is 1. The van der Waals surface area contributed by atoms with Crippen LogP contribution in [-0.4, -0.2) is 43.8 Å². The van der Waals surface area contributed by atoms with E-state index in [0.29, 0.717) is 6.61 Å². The molecule has 0 unspecified atom stereocenters. The lowest BCUT2D eigenvalue weighted by atomic mass is 10.3. The van der Waals surface area contributed by atoms with Gasteiger partial charge in [0.15, 0.2) is 5.76 Å². The largest absolute Gasteiger partial charge is 0.377 e. The Bertz CT molecular complexity index is 289. The molecule has 0 aliphatic carbocycles. The summed E-state index contributed by atoms with van der Waals surface area (Å²) in [6.45, 7) is 6.40. The molecule has 0 saturated carbocycles. The number of hydrogen-bond acceptors (Lipinski definition) is 5. The molecule has 1 N–H and O–H groups in total. The number of methoxy groups -OCH3 is 1. The Morgan fingerprint density at radius 3 is 3.06 bits per heavy atom. The number of nitrogens with one attached hydrogen (secondary N) is 1. The summed E-state index contributed by atoms with van der Waals surface area (Å²) < 4.78 is 10.1. The van der Waals surface area contributed by atoms with E-state index in [1.807, 2.05) is 6.07 Å². The van der Waals surface area contributed by atoms with Gasteiger partial charge in [0.25, 0.3) is 0 Å². The zero-order valence-electron chi connectivity index (χ0n) is 10.3. The number of aromatic nitrogens is 1. The third-order valence-electron chi connectivity index (χ3n) is 2.25. The second-order valence-electron chi connectivity index (χ2n) is 3.81. The zero-order chi connectivity index (χ0) is 11.8. The van der Waals surface area contributed by atoms with Crippen molar-refractivity contribution in [2.45, 2.75) is 20.1 Å². The van der Waals surface area contributed by atoms with Gasteiger partial charge in [0.2, 0.25) is 0 Å². The summed E-state index contributed by atoms with van der Waals surface area (Å²) in [5.74, 6) is 0.776. The minimum absolute atomic E-state index is 0.480. The number of rotatable bonds is 8. The van der Waals surface area contributed by atoms with E-state index in [1.165, 1.54) is 0 Å². The second kappa shape index (κ2) is 7.38. The molecule has 0 aromatic carbocycles. The SMILES string of the molecule is CCNCCN(C)Cc1cc(COC)on1. The molecule has 0 amide bonds. The predicted octanol–water partition coefficient (Wildman–Crippen LogP) is 0.862. The summed E-state index contributed by atoms with van der Waals surface area (Å²) in [7, 11) is 3.72. The monoisotopic (exact) mass is 227 g/mol. The highest BCUT2D eigenvalue weighted by atomic mass is 16.5. The van der Waals surface area contributed by atoms with Crippen LogP contribution in [0.4, 0.5) is 0 Å². The van der Waals surface area contributed by atoms with Crippen LogP contribution in [0.3, 0.4) is 0 Å². The first-order chi connectivity index (χ1) is 7.76. The van der Waals surface area contributed by atoms with Crippen LogP contribution in [0.25, 0.3) is 0 Å². The molecule has 92 valence electrons. The molecule has 0 aliphatic heterocycles. The Hall–Kier alpha value is -0.910. The molecule has 0 radical (unpaired) electrons. The van der Waals surface area contributed by atoms with E-state index >= 15 is 0 Å². The minimum Gasteiger partial charge on any atom is -0.377 e. The van der Waals surface area contributed by atoms with Gasteiger partial charge in [0.05, 0.1) is 5.69 Å². The van der Waals surface area contributed by atoms with Gasteiger partial charge in [-0.05, 0) is 13.6 Å². The number of nitrogens with zero attached hydrogens (tertiary/aromatic N) is 2. The first-order valence-electron chi connectivity index (χ1n) is 5.59. The average molecular weight is 227 g/mol. The van der Waals surface area contributed by atoms with E-state index in [1.54, 1.807) is 7.11 Å². The van der Waals surface area contributed by atoms with Crippen molar-refractivity contribution in [3.63, 3.8) is 0 Å². The van der Waals surface area contributed by atoms with Crippen molar-refractivity contribution in [2.24, 2.45) is 0 Å². The highest BCUT2D eigenvalue weighted by Crippen LogP contribution is 2.06. The standard InChI is InChI=1S/C11H21N3O2/c1-4-12-5-6-14(2)8-10-7-11(9-15-3)16-13-10/h7,12H,4-6,8-9H2,1-3H3. The predicted molar refractivity (Wildman–Crippen MR) is 62.1 cm³/mol. The third kappa shape index (κ3) is 4.74. The zero-order valence-corrected chi connectivity index (χ0v) is 10.3. The molecule has 0 bridgehead atoms. The van der Waals surface area contributed by atoms with Crippen LogP contribution in [0.15, 0.2) is 10.6 Å². The molecule has 5 nitrogen and oxygen atoms in total. The molecule has 5 heteroatoms. The van der Waals surface area contributed by atoms with E-state index < -0.39 is 0 Å². The summed E-state index contributed by atoms with van der Waals surface area (Å²) in [6.07, 6.45) is 0. The van der Waals surface area contributed by atoms with Crippen molar-refractivity contribution in [1.82, 2.24) is 15.4 Å². The van der Waals surface area contributed by atoms with Crippen LogP contribution in [-0.2, 0) is 17.9 Å². The van der Waals surface area contributed by atoms with Gasteiger partial charge in [-0.1, -0.05) is 12.1 Å². The van der Waals surface area contributed by atoms with Gasteiger partial charge in [-0.3, -0.25) is 4.90 Å². The lowest BCUT2D eigenvalue weighted by Gasteiger charge is -2.14. The van der Waals surface area contributed by atoms with Gasteiger partial charge >= 0.3 is 0 Å². The molecule has 0 aliphatic rings. The van der Waals surface area contributed by atoms with Crippen LogP contribution in [0.5, 0.6) is 0 Å². The Morgan fingerprint density at radius 2 is 2.38 bits per heavy atom. The average Bonchev–Trinajstić information content (AvgIpc) is 2.66.